The molecule has 1 heterocycles. The number of sulfonamides is 1. The zero-order chi connectivity index (χ0) is 11.8. The molecule has 1 fully saturated rings. The Morgan fingerprint density at radius 3 is 2.44 bits per heavy atom. The highest BCUT2D eigenvalue weighted by atomic mass is 32.2. The summed E-state index contributed by atoms with van der Waals surface area (Å²) in [6, 6.07) is 6.77. The van der Waals surface area contributed by atoms with Gasteiger partial charge in [-0.1, -0.05) is 17.7 Å². The standard InChI is InChI=1S/C11H15NO3S/c1-9-3-5-10(6-4-9)16(13,14)12-7-11(2)8-15-11/h3-6,12H,7-8H2,1-2H3. The lowest BCUT2D eigenvalue weighted by Gasteiger charge is -2.08. The Morgan fingerprint density at radius 2 is 1.94 bits per heavy atom. The molecule has 1 atom stereocenters. The smallest absolute Gasteiger partial charge is 0.240 e. The molecule has 5 heteroatoms. The molecule has 0 amide bonds. The summed E-state index contributed by atoms with van der Waals surface area (Å²) in [7, 11) is -3.40. The Labute approximate surface area is 95.7 Å². The fourth-order valence-corrected chi connectivity index (χ4v) is 2.43. The fraction of sp³-hybridized carbons (Fsp3) is 0.455. The fourth-order valence-electron chi connectivity index (χ4n) is 1.27. The van der Waals surface area contributed by atoms with E-state index < -0.39 is 10.0 Å². The predicted octanol–water partition coefficient (Wildman–Crippen LogP) is 1.06. The molecular weight excluding hydrogens is 226 g/mol. The van der Waals surface area contributed by atoms with Gasteiger partial charge in [0.2, 0.25) is 10.0 Å². The number of epoxide rings is 1. The monoisotopic (exact) mass is 241 g/mol. The lowest BCUT2D eigenvalue weighted by molar-refractivity contribution is 0.323. The van der Waals surface area contributed by atoms with E-state index in [1.54, 1.807) is 24.3 Å². The first-order valence-electron chi connectivity index (χ1n) is 5.12. The molecule has 1 N–H and O–H groups in total. The minimum atomic E-state index is -3.40. The van der Waals surface area contributed by atoms with Gasteiger partial charge in [0.1, 0.15) is 5.60 Å². The second-order valence-corrected chi connectivity index (χ2v) is 6.14. The molecule has 1 aliphatic rings. The molecule has 1 aromatic carbocycles. The quantitative estimate of drug-likeness (QED) is 0.802. The predicted molar refractivity (Wildman–Crippen MR) is 60.7 cm³/mol. The topological polar surface area (TPSA) is 58.7 Å². The van der Waals surface area contributed by atoms with Crippen molar-refractivity contribution in [2.75, 3.05) is 13.2 Å². The summed E-state index contributed by atoms with van der Waals surface area (Å²) in [6.07, 6.45) is 0. The number of nitrogens with one attached hydrogen (secondary N) is 1. The molecule has 0 bridgehead atoms. The number of benzene rings is 1. The van der Waals surface area contributed by atoms with Crippen molar-refractivity contribution in [3.05, 3.63) is 29.8 Å². The van der Waals surface area contributed by atoms with Crippen LogP contribution in [-0.2, 0) is 14.8 Å². The van der Waals surface area contributed by atoms with Crippen LogP contribution in [0.25, 0.3) is 0 Å². The average Bonchev–Trinajstić information content (AvgIpc) is 2.96. The van der Waals surface area contributed by atoms with Crippen molar-refractivity contribution >= 4 is 10.0 Å². The zero-order valence-electron chi connectivity index (χ0n) is 9.36. The summed E-state index contributed by atoms with van der Waals surface area (Å²) in [4.78, 5) is 0.294. The van der Waals surface area contributed by atoms with Crippen LogP contribution < -0.4 is 4.72 Å². The van der Waals surface area contributed by atoms with Crippen LogP contribution in [0.3, 0.4) is 0 Å². The van der Waals surface area contributed by atoms with Gasteiger partial charge in [0.25, 0.3) is 0 Å². The summed E-state index contributed by atoms with van der Waals surface area (Å²) in [5.41, 5.74) is 0.731. The van der Waals surface area contributed by atoms with Crippen molar-refractivity contribution < 1.29 is 13.2 Å². The number of rotatable bonds is 4. The van der Waals surface area contributed by atoms with E-state index in [0.717, 1.165) is 5.56 Å². The van der Waals surface area contributed by atoms with Gasteiger partial charge in [-0.2, -0.15) is 0 Å². The first-order valence-corrected chi connectivity index (χ1v) is 6.60. The van der Waals surface area contributed by atoms with Crippen LogP contribution in [0.15, 0.2) is 29.2 Å². The van der Waals surface area contributed by atoms with Gasteiger partial charge >= 0.3 is 0 Å². The van der Waals surface area contributed by atoms with Gasteiger partial charge in [0, 0.05) is 6.54 Å². The van der Waals surface area contributed by atoms with E-state index in [0.29, 0.717) is 18.0 Å². The van der Waals surface area contributed by atoms with Crippen LogP contribution >= 0.6 is 0 Å². The van der Waals surface area contributed by atoms with E-state index in [1.807, 2.05) is 13.8 Å². The molecule has 1 aliphatic heterocycles. The van der Waals surface area contributed by atoms with Crippen LogP contribution in [0.5, 0.6) is 0 Å². The largest absolute Gasteiger partial charge is 0.368 e. The SMILES string of the molecule is Cc1ccc(S(=O)(=O)NCC2(C)CO2)cc1. The summed E-state index contributed by atoms with van der Waals surface area (Å²) in [5, 5.41) is 0. The molecule has 2 rings (SSSR count). The Morgan fingerprint density at radius 1 is 1.38 bits per heavy atom. The highest BCUT2D eigenvalue weighted by molar-refractivity contribution is 7.89. The molecule has 0 aromatic heterocycles. The van der Waals surface area contributed by atoms with E-state index in [2.05, 4.69) is 4.72 Å². The minimum Gasteiger partial charge on any atom is -0.368 e. The molecule has 0 spiro atoms. The van der Waals surface area contributed by atoms with E-state index >= 15 is 0 Å². The highest BCUT2D eigenvalue weighted by Crippen LogP contribution is 2.25. The van der Waals surface area contributed by atoms with Crippen LogP contribution in [0.4, 0.5) is 0 Å². The van der Waals surface area contributed by atoms with E-state index in [4.69, 9.17) is 4.74 Å². The van der Waals surface area contributed by atoms with Crippen molar-refractivity contribution in [1.29, 1.82) is 0 Å². The zero-order valence-corrected chi connectivity index (χ0v) is 10.2. The van der Waals surface area contributed by atoms with Gasteiger partial charge < -0.3 is 4.74 Å². The van der Waals surface area contributed by atoms with E-state index in [9.17, 15) is 8.42 Å². The molecule has 88 valence electrons. The Hall–Kier alpha value is -0.910. The number of hydrogen-bond donors (Lipinski definition) is 1. The maximum absolute atomic E-state index is 11.9. The maximum atomic E-state index is 11.9. The van der Waals surface area contributed by atoms with Crippen LogP contribution in [0.1, 0.15) is 12.5 Å². The number of hydrogen-bond acceptors (Lipinski definition) is 3. The molecule has 1 unspecified atom stereocenters. The number of ether oxygens (including phenoxy) is 1. The van der Waals surface area contributed by atoms with Gasteiger partial charge in [-0.3, -0.25) is 0 Å². The minimum absolute atomic E-state index is 0.294. The molecule has 0 saturated carbocycles. The van der Waals surface area contributed by atoms with Gasteiger partial charge in [-0.25, -0.2) is 13.1 Å². The first-order chi connectivity index (χ1) is 7.41. The van der Waals surface area contributed by atoms with Crippen LogP contribution in [0.2, 0.25) is 0 Å². The second-order valence-electron chi connectivity index (χ2n) is 4.38. The molecular formula is C11H15NO3S. The number of aryl methyl sites for hydroxylation is 1. The molecule has 16 heavy (non-hydrogen) atoms. The normalized spacial score (nSPS) is 24.4. The maximum Gasteiger partial charge on any atom is 0.240 e. The van der Waals surface area contributed by atoms with E-state index in [-0.39, 0.29) is 5.60 Å². The van der Waals surface area contributed by atoms with Crippen molar-refractivity contribution in [3.63, 3.8) is 0 Å². The third-order valence-electron chi connectivity index (χ3n) is 2.60. The van der Waals surface area contributed by atoms with Crippen molar-refractivity contribution in [3.8, 4) is 0 Å². The van der Waals surface area contributed by atoms with Gasteiger partial charge in [0.05, 0.1) is 11.5 Å². The summed E-state index contributed by atoms with van der Waals surface area (Å²) >= 11 is 0. The van der Waals surface area contributed by atoms with Crippen molar-refractivity contribution in [2.45, 2.75) is 24.3 Å². The van der Waals surface area contributed by atoms with Gasteiger partial charge in [-0.05, 0) is 26.0 Å². The molecule has 4 nitrogen and oxygen atoms in total. The molecule has 0 radical (unpaired) electrons. The molecule has 0 aliphatic carbocycles. The summed E-state index contributed by atoms with van der Waals surface area (Å²) in [6.45, 7) is 4.74. The lowest BCUT2D eigenvalue weighted by atomic mass is 10.2. The van der Waals surface area contributed by atoms with Crippen LogP contribution in [-0.4, -0.2) is 27.2 Å². The Balaban J connectivity index is 2.09. The third-order valence-corrected chi connectivity index (χ3v) is 4.02. The second kappa shape index (κ2) is 3.84. The summed E-state index contributed by atoms with van der Waals surface area (Å²) in [5.74, 6) is 0. The molecule has 1 aromatic rings. The van der Waals surface area contributed by atoms with Gasteiger partial charge in [-0.15, -0.1) is 0 Å². The van der Waals surface area contributed by atoms with Crippen molar-refractivity contribution in [2.24, 2.45) is 0 Å². The highest BCUT2D eigenvalue weighted by Gasteiger charge is 2.40. The lowest BCUT2D eigenvalue weighted by Crippen LogP contribution is -2.32. The summed E-state index contributed by atoms with van der Waals surface area (Å²) < 4.78 is 31.4. The Bertz CT molecular complexity index is 474. The van der Waals surface area contributed by atoms with E-state index in [1.165, 1.54) is 0 Å². The van der Waals surface area contributed by atoms with Crippen LogP contribution in [0, 0.1) is 6.92 Å². The first kappa shape index (κ1) is 11.6. The van der Waals surface area contributed by atoms with Gasteiger partial charge in [0.15, 0.2) is 0 Å². The Kier molecular flexibility index (Phi) is 2.77. The average molecular weight is 241 g/mol. The third kappa shape index (κ3) is 2.61. The molecule has 1 saturated heterocycles. The van der Waals surface area contributed by atoms with Crippen molar-refractivity contribution in [1.82, 2.24) is 4.72 Å².